The molecule has 6 heteroatoms. The van der Waals surface area contributed by atoms with Crippen molar-refractivity contribution in [2.24, 2.45) is 10.9 Å². The van der Waals surface area contributed by atoms with Crippen molar-refractivity contribution < 1.29 is 19.1 Å². The van der Waals surface area contributed by atoms with Gasteiger partial charge in [0.25, 0.3) is 5.91 Å². The van der Waals surface area contributed by atoms with Crippen molar-refractivity contribution in [3.8, 4) is 11.5 Å². The first-order valence-corrected chi connectivity index (χ1v) is 11.0. The summed E-state index contributed by atoms with van der Waals surface area (Å²) in [6.45, 7) is 2.60. The summed E-state index contributed by atoms with van der Waals surface area (Å²) >= 11 is 0. The van der Waals surface area contributed by atoms with Crippen LogP contribution in [0.4, 0.5) is 0 Å². The van der Waals surface area contributed by atoms with E-state index in [4.69, 9.17) is 14.5 Å². The molecule has 1 fully saturated rings. The zero-order valence-electron chi connectivity index (χ0n) is 17.6. The van der Waals surface area contributed by atoms with Gasteiger partial charge in [-0.1, -0.05) is 44.0 Å². The number of nitrogens with zero attached hydrogens (tertiary/aromatic N) is 2. The third kappa shape index (κ3) is 3.71. The summed E-state index contributed by atoms with van der Waals surface area (Å²) in [5.74, 6) is 0.793. The molecule has 6 nitrogen and oxygen atoms in total. The van der Waals surface area contributed by atoms with Crippen LogP contribution in [0.2, 0.25) is 0 Å². The van der Waals surface area contributed by atoms with E-state index in [1.807, 2.05) is 36.4 Å². The Kier molecular flexibility index (Phi) is 5.22. The first-order valence-electron chi connectivity index (χ1n) is 11.0. The van der Waals surface area contributed by atoms with Gasteiger partial charge in [-0.3, -0.25) is 19.5 Å². The van der Waals surface area contributed by atoms with Gasteiger partial charge >= 0.3 is 0 Å². The van der Waals surface area contributed by atoms with Crippen LogP contribution in [0.5, 0.6) is 11.5 Å². The normalized spacial score (nSPS) is 25.2. The van der Waals surface area contributed by atoms with Gasteiger partial charge in [-0.2, -0.15) is 0 Å². The molecule has 2 aromatic carbocycles. The maximum atomic E-state index is 13.4. The molecule has 3 aliphatic rings. The fourth-order valence-corrected chi connectivity index (χ4v) is 4.74. The van der Waals surface area contributed by atoms with Gasteiger partial charge in [-0.25, -0.2) is 0 Å². The van der Waals surface area contributed by atoms with Crippen LogP contribution in [0.15, 0.2) is 47.5 Å². The zero-order valence-corrected chi connectivity index (χ0v) is 17.6. The summed E-state index contributed by atoms with van der Waals surface area (Å²) in [6.07, 6.45) is 6.44. The minimum absolute atomic E-state index is 0.186. The molecule has 0 radical (unpaired) electrons. The van der Waals surface area contributed by atoms with Crippen molar-refractivity contribution in [3.63, 3.8) is 0 Å². The monoisotopic (exact) mass is 418 g/mol. The number of fused-ring (bicyclic) bond motifs is 2. The van der Waals surface area contributed by atoms with Crippen LogP contribution in [0.1, 0.15) is 60.0 Å². The number of carbonyl (C=O) groups is 2. The van der Waals surface area contributed by atoms with Crippen molar-refractivity contribution in [2.45, 2.75) is 51.1 Å². The molecule has 0 N–H and O–H groups in total. The Balaban J connectivity index is 1.44. The molecule has 1 saturated carbocycles. The number of carbonyl (C=O) groups excluding carboxylic acids is 2. The van der Waals surface area contributed by atoms with E-state index >= 15 is 0 Å². The predicted octanol–water partition coefficient (Wildman–Crippen LogP) is 4.33. The number of rotatable bonds is 4. The van der Waals surface area contributed by atoms with E-state index in [2.05, 4.69) is 6.92 Å². The summed E-state index contributed by atoms with van der Waals surface area (Å²) in [6, 6.07) is 13.1. The molecule has 31 heavy (non-hydrogen) atoms. The number of benzene rings is 2. The third-order valence-electron chi connectivity index (χ3n) is 6.57. The maximum absolute atomic E-state index is 13.4. The molecule has 0 aromatic heterocycles. The van der Waals surface area contributed by atoms with Gasteiger partial charge in [-0.15, -0.1) is 0 Å². The summed E-state index contributed by atoms with van der Waals surface area (Å²) in [4.78, 5) is 32.8. The average molecular weight is 418 g/mol. The third-order valence-corrected chi connectivity index (χ3v) is 6.57. The molecule has 0 spiro atoms. The number of hydrogen-bond donors (Lipinski definition) is 0. The van der Waals surface area contributed by atoms with Crippen molar-refractivity contribution >= 4 is 18.0 Å². The zero-order chi connectivity index (χ0) is 21.4. The lowest BCUT2D eigenvalue weighted by molar-refractivity contribution is -0.129. The Hall–Kier alpha value is -3.15. The fourth-order valence-electron chi connectivity index (χ4n) is 4.74. The largest absolute Gasteiger partial charge is 0.454 e. The van der Waals surface area contributed by atoms with Gasteiger partial charge in [0, 0.05) is 11.8 Å². The highest BCUT2D eigenvalue weighted by molar-refractivity contribution is 6.16. The lowest BCUT2D eigenvalue weighted by Gasteiger charge is -2.32. The van der Waals surface area contributed by atoms with Gasteiger partial charge in [0.2, 0.25) is 12.7 Å². The van der Waals surface area contributed by atoms with Gasteiger partial charge in [0.05, 0.1) is 18.5 Å². The van der Waals surface area contributed by atoms with E-state index < -0.39 is 5.92 Å². The molecule has 1 unspecified atom stereocenters. The van der Waals surface area contributed by atoms with E-state index in [1.165, 1.54) is 24.2 Å². The average Bonchev–Trinajstić information content (AvgIpc) is 3.26. The maximum Gasteiger partial charge on any atom is 0.261 e. The Bertz CT molecular complexity index is 1050. The molecule has 0 bridgehead atoms. The molecule has 1 aliphatic carbocycles. The Morgan fingerprint density at radius 3 is 2.74 bits per heavy atom. The molecule has 2 aliphatic heterocycles. The Morgan fingerprint density at radius 1 is 1.06 bits per heavy atom. The number of amides is 2. The summed E-state index contributed by atoms with van der Waals surface area (Å²) < 4.78 is 10.8. The molecule has 160 valence electrons. The second kappa shape index (κ2) is 8.17. The van der Waals surface area contributed by atoms with Gasteiger partial charge in [-0.05, 0) is 48.1 Å². The van der Waals surface area contributed by atoms with E-state index in [9.17, 15) is 9.59 Å². The lowest BCUT2D eigenvalue weighted by atomic mass is 9.85. The molecular weight excluding hydrogens is 392 g/mol. The molecule has 2 aromatic rings. The molecule has 3 atom stereocenters. The van der Waals surface area contributed by atoms with Crippen molar-refractivity contribution in [1.29, 1.82) is 0 Å². The van der Waals surface area contributed by atoms with Crippen LogP contribution in [-0.4, -0.2) is 35.8 Å². The summed E-state index contributed by atoms with van der Waals surface area (Å²) in [5, 5.41) is 0. The van der Waals surface area contributed by atoms with Crippen molar-refractivity contribution in [1.82, 2.24) is 4.90 Å². The highest BCUT2D eigenvalue weighted by atomic mass is 16.7. The molecule has 2 heterocycles. The second-order valence-electron chi connectivity index (χ2n) is 8.61. The van der Waals surface area contributed by atoms with Gasteiger partial charge in [0.15, 0.2) is 11.5 Å². The smallest absolute Gasteiger partial charge is 0.261 e. The minimum atomic E-state index is -0.544. The van der Waals surface area contributed by atoms with Crippen molar-refractivity contribution in [3.05, 3.63) is 59.2 Å². The van der Waals surface area contributed by atoms with Crippen LogP contribution in [-0.2, 0) is 11.3 Å². The van der Waals surface area contributed by atoms with E-state index in [1.54, 1.807) is 12.3 Å². The Labute approximate surface area is 181 Å². The minimum Gasteiger partial charge on any atom is -0.454 e. The first kappa shape index (κ1) is 19.8. The van der Waals surface area contributed by atoms with Crippen LogP contribution < -0.4 is 9.47 Å². The SMILES string of the molecule is C[C@@H]1CCCC[C@H]1N=CC1C(=O)N(Cc2ccc3c(c2)OCO3)C(=O)c2ccccc21. The fraction of sp³-hybridized carbons (Fsp3) is 0.400. The van der Waals surface area contributed by atoms with Crippen molar-refractivity contribution in [2.75, 3.05) is 6.79 Å². The molecule has 0 saturated heterocycles. The van der Waals surface area contributed by atoms with Crippen LogP contribution in [0.25, 0.3) is 0 Å². The Morgan fingerprint density at radius 2 is 1.87 bits per heavy atom. The van der Waals surface area contributed by atoms with Crippen LogP contribution in [0.3, 0.4) is 0 Å². The first-order chi connectivity index (χ1) is 15.1. The molecule has 2 amide bonds. The van der Waals surface area contributed by atoms with Crippen LogP contribution >= 0.6 is 0 Å². The van der Waals surface area contributed by atoms with Gasteiger partial charge < -0.3 is 9.47 Å². The second-order valence-corrected chi connectivity index (χ2v) is 8.61. The number of imide groups is 1. The number of hydrogen-bond acceptors (Lipinski definition) is 5. The summed E-state index contributed by atoms with van der Waals surface area (Å²) in [5.41, 5.74) is 2.13. The number of aliphatic imine (C=N–C) groups is 1. The predicted molar refractivity (Wildman–Crippen MR) is 117 cm³/mol. The topological polar surface area (TPSA) is 68.2 Å². The lowest BCUT2D eigenvalue weighted by Crippen LogP contribution is -2.44. The summed E-state index contributed by atoms with van der Waals surface area (Å²) in [7, 11) is 0. The molecule has 5 rings (SSSR count). The quantitative estimate of drug-likeness (QED) is 0.547. The van der Waals surface area contributed by atoms with Gasteiger partial charge in [0.1, 0.15) is 0 Å². The molecular formula is C25H26N2O4. The highest BCUT2D eigenvalue weighted by Gasteiger charge is 2.38. The number of ether oxygens (including phenoxy) is 2. The van der Waals surface area contributed by atoms with E-state index in [0.717, 1.165) is 17.5 Å². The van der Waals surface area contributed by atoms with E-state index in [0.29, 0.717) is 23.0 Å². The highest BCUT2D eigenvalue weighted by Crippen LogP contribution is 2.35. The standard InChI is InChI=1S/C25H26N2O4/c1-16-6-2-5-9-21(16)26-13-20-18-7-3-4-8-19(18)24(28)27(25(20)29)14-17-10-11-22-23(12-17)31-15-30-22/h3-4,7-8,10-13,16,20-21H,2,5-6,9,14-15H2,1H3/t16-,20?,21-/m1/s1. The van der Waals surface area contributed by atoms with E-state index in [-0.39, 0.29) is 31.2 Å². The van der Waals surface area contributed by atoms with Crippen LogP contribution in [0, 0.1) is 5.92 Å².